The lowest BCUT2D eigenvalue weighted by molar-refractivity contribution is -0.123. The zero-order valence-electron chi connectivity index (χ0n) is 15.2. The average Bonchev–Trinajstić information content (AvgIpc) is 3.23. The number of carbonyl (C=O) groups excluding carboxylic acids is 3. The molecule has 1 aromatic heterocycles. The van der Waals surface area contributed by atoms with E-state index in [1.165, 1.54) is 32.4 Å². The molecule has 0 aliphatic rings. The van der Waals surface area contributed by atoms with E-state index in [9.17, 15) is 14.4 Å². The van der Waals surface area contributed by atoms with Gasteiger partial charge in [-0.05, 0) is 50.2 Å². The van der Waals surface area contributed by atoms with Crippen LogP contribution in [-0.2, 0) is 9.53 Å². The molecule has 0 aliphatic carbocycles. The number of amides is 1. The van der Waals surface area contributed by atoms with Gasteiger partial charge in [0, 0.05) is 11.1 Å². The largest absolute Gasteiger partial charge is 0.449 e. The smallest absolute Gasteiger partial charge is 0.338 e. The first-order valence-corrected chi connectivity index (χ1v) is 8.44. The Morgan fingerprint density at radius 3 is 2.43 bits per heavy atom. The fourth-order valence-corrected chi connectivity index (χ4v) is 2.46. The predicted octanol–water partition coefficient (Wildman–Crippen LogP) is 3.12. The van der Waals surface area contributed by atoms with Crippen molar-refractivity contribution in [2.75, 3.05) is 5.32 Å². The van der Waals surface area contributed by atoms with Gasteiger partial charge in [-0.1, -0.05) is 12.1 Å². The van der Waals surface area contributed by atoms with E-state index in [4.69, 9.17) is 9.15 Å². The van der Waals surface area contributed by atoms with Gasteiger partial charge in [0.15, 0.2) is 11.9 Å². The number of anilines is 1. The molecule has 1 amide bonds. The number of benzene rings is 2. The van der Waals surface area contributed by atoms with Crippen molar-refractivity contribution in [1.82, 2.24) is 10.2 Å². The van der Waals surface area contributed by atoms with Crippen LogP contribution in [0.3, 0.4) is 0 Å². The molecule has 2 aromatic carbocycles. The highest BCUT2D eigenvalue weighted by atomic mass is 16.5. The van der Waals surface area contributed by atoms with Crippen LogP contribution in [0.5, 0.6) is 0 Å². The number of nitrogens with one attached hydrogen (secondary N) is 1. The van der Waals surface area contributed by atoms with Gasteiger partial charge in [-0.25, -0.2) is 4.79 Å². The van der Waals surface area contributed by atoms with Gasteiger partial charge in [-0.15, -0.1) is 10.2 Å². The average molecular weight is 379 g/mol. The molecule has 0 aliphatic heterocycles. The molecule has 0 spiro atoms. The Kier molecular flexibility index (Phi) is 5.59. The molecule has 0 saturated carbocycles. The molecule has 8 heteroatoms. The summed E-state index contributed by atoms with van der Waals surface area (Å²) in [5.74, 6) is -1.04. The van der Waals surface area contributed by atoms with Gasteiger partial charge in [0.25, 0.3) is 5.91 Å². The standard InChI is InChI=1S/C20H17N3O5/c1-12(24)16-5-3-4-6-17(16)22-18(25)13(2)28-20(26)15-9-7-14(8-10-15)19-23-21-11-27-19/h3-11,13H,1-2H3,(H,22,25)/t13-/m0/s1. The zero-order chi connectivity index (χ0) is 20.1. The van der Waals surface area contributed by atoms with Crippen LogP contribution in [0.4, 0.5) is 5.69 Å². The summed E-state index contributed by atoms with van der Waals surface area (Å²) in [4.78, 5) is 36.3. The van der Waals surface area contributed by atoms with Crippen molar-refractivity contribution in [3.05, 3.63) is 66.1 Å². The van der Waals surface area contributed by atoms with Crippen LogP contribution < -0.4 is 5.32 Å². The van der Waals surface area contributed by atoms with Crippen molar-refractivity contribution >= 4 is 23.3 Å². The SMILES string of the molecule is CC(=O)c1ccccc1NC(=O)[C@H](C)OC(=O)c1ccc(-c2nnco2)cc1. The summed E-state index contributed by atoms with van der Waals surface area (Å²) in [7, 11) is 0. The maximum Gasteiger partial charge on any atom is 0.338 e. The van der Waals surface area contributed by atoms with Crippen LogP contribution >= 0.6 is 0 Å². The molecule has 0 unspecified atom stereocenters. The minimum Gasteiger partial charge on any atom is -0.449 e. The second-order valence-electron chi connectivity index (χ2n) is 5.96. The molecular weight excluding hydrogens is 362 g/mol. The Morgan fingerprint density at radius 2 is 1.79 bits per heavy atom. The molecule has 0 fully saturated rings. The van der Waals surface area contributed by atoms with Crippen molar-refractivity contribution in [3.8, 4) is 11.5 Å². The minimum atomic E-state index is -1.05. The first-order valence-electron chi connectivity index (χ1n) is 8.44. The summed E-state index contributed by atoms with van der Waals surface area (Å²) in [6.45, 7) is 2.86. The normalized spacial score (nSPS) is 11.5. The maximum absolute atomic E-state index is 12.3. The number of esters is 1. The van der Waals surface area contributed by atoms with Gasteiger partial charge in [-0.2, -0.15) is 0 Å². The quantitative estimate of drug-likeness (QED) is 0.517. The summed E-state index contributed by atoms with van der Waals surface area (Å²) in [5, 5.41) is 9.99. The highest BCUT2D eigenvalue weighted by molar-refractivity contribution is 6.05. The lowest BCUT2D eigenvalue weighted by Gasteiger charge is -2.15. The number of hydrogen-bond donors (Lipinski definition) is 1. The van der Waals surface area contributed by atoms with Gasteiger partial charge in [0.1, 0.15) is 0 Å². The first kappa shape index (κ1) is 19.0. The Bertz CT molecular complexity index is 997. The summed E-state index contributed by atoms with van der Waals surface area (Å²) in [6, 6.07) is 13.0. The molecular formula is C20H17N3O5. The van der Waals surface area contributed by atoms with Gasteiger partial charge >= 0.3 is 5.97 Å². The number of hydrogen-bond acceptors (Lipinski definition) is 7. The Hall–Kier alpha value is -3.81. The molecule has 1 heterocycles. The van der Waals surface area contributed by atoms with E-state index in [-0.39, 0.29) is 11.3 Å². The van der Waals surface area contributed by atoms with Gasteiger partial charge < -0.3 is 14.5 Å². The number of aromatic nitrogens is 2. The molecule has 1 atom stereocenters. The molecule has 3 aromatic rings. The molecule has 28 heavy (non-hydrogen) atoms. The number of carbonyl (C=O) groups is 3. The third-order valence-electron chi connectivity index (χ3n) is 3.94. The van der Waals surface area contributed by atoms with Crippen molar-refractivity contribution in [2.45, 2.75) is 20.0 Å². The van der Waals surface area contributed by atoms with E-state index in [1.807, 2.05) is 0 Å². The first-order chi connectivity index (χ1) is 13.5. The van der Waals surface area contributed by atoms with Gasteiger partial charge in [-0.3, -0.25) is 9.59 Å². The van der Waals surface area contributed by atoms with Crippen LogP contribution in [-0.4, -0.2) is 34.0 Å². The second-order valence-corrected chi connectivity index (χ2v) is 5.96. The predicted molar refractivity (Wildman–Crippen MR) is 99.7 cm³/mol. The molecule has 1 N–H and O–H groups in total. The van der Waals surface area contributed by atoms with E-state index in [2.05, 4.69) is 15.5 Å². The molecule has 142 valence electrons. The highest BCUT2D eigenvalue weighted by Gasteiger charge is 2.20. The number of ketones is 1. The highest BCUT2D eigenvalue weighted by Crippen LogP contribution is 2.18. The number of rotatable bonds is 6. The fraction of sp³-hybridized carbons (Fsp3) is 0.150. The van der Waals surface area contributed by atoms with Crippen LogP contribution in [0.2, 0.25) is 0 Å². The van der Waals surface area contributed by atoms with Crippen LogP contribution in [0.15, 0.2) is 59.3 Å². The zero-order valence-corrected chi connectivity index (χ0v) is 15.2. The topological polar surface area (TPSA) is 111 Å². The minimum absolute atomic E-state index is 0.179. The van der Waals surface area contributed by atoms with Crippen molar-refractivity contribution in [1.29, 1.82) is 0 Å². The number of ether oxygens (including phenoxy) is 1. The lowest BCUT2D eigenvalue weighted by atomic mass is 10.1. The monoisotopic (exact) mass is 379 g/mol. The third-order valence-corrected chi connectivity index (χ3v) is 3.94. The fourth-order valence-electron chi connectivity index (χ4n) is 2.46. The Morgan fingerprint density at radius 1 is 1.07 bits per heavy atom. The Labute approximate surface area is 160 Å². The molecule has 0 bridgehead atoms. The third kappa shape index (κ3) is 4.29. The molecule has 8 nitrogen and oxygen atoms in total. The number of para-hydroxylation sites is 1. The van der Waals surface area contributed by atoms with E-state index >= 15 is 0 Å². The van der Waals surface area contributed by atoms with E-state index in [1.54, 1.807) is 36.4 Å². The molecule has 3 rings (SSSR count). The molecule has 0 radical (unpaired) electrons. The van der Waals surface area contributed by atoms with Crippen LogP contribution in [0.1, 0.15) is 34.6 Å². The summed E-state index contributed by atoms with van der Waals surface area (Å²) >= 11 is 0. The maximum atomic E-state index is 12.3. The van der Waals surface area contributed by atoms with Crippen molar-refractivity contribution < 1.29 is 23.5 Å². The summed E-state index contributed by atoms with van der Waals surface area (Å²) < 4.78 is 10.3. The van der Waals surface area contributed by atoms with Crippen LogP contribution in [0, 0.1) is 0 Å². The number of nitrogens with zero attached hydrogens (tertiary/aromatic N) is 2. The second kappa shape index (κ2) is 8.26. The van der Waals surface area contributed by atoms with Crippen LogP contribution in [0.25, 0.3) is 11.5 Å². The van der Waals surface area contributed by atoms with E-state index in [0.717, 1.165) is 0 Å². The summed E-state index contributed by atoms with van der Waals surface area (Å²) in [6.07, 6.45) is 0.158. The van der Waals surface area contributed by atoms with Gasteiger partial charge in [0.05, 0.1) is 11.3 Å². The van der Waals surface area contributed by atoms with Crippen molar-refractivity contribution in [3.63, 3.8) is 0 Å². The van der Waals surface area contributed by atoms with Gasteiger partial charge in [0.2, 0.25) is 12.3 Å². The molecule has 0 saturated heterocycles. The van der Waals surface area contributed by atoms with Crippen molar-refractivity contribution in [2.24, 2.45) is 0 Å². The number of Topliss-reactive ketones (excluding diaryl/α,β-unsaturated/α-hetero) is 1. The Balaban J connectivity index is 1.64. The lowest BCUT2D eigenvalue weighted by Crippen LogP contribution is -2.30. The summed E-state index contributed by atoms with van der Waals surface area (Å²) in [5.41, 5.74) is 1.67. The van der Waals surface area contributed by atoms with E-state index < -0.39 is 18.0 Å². The van der Waals surface area contributed by atoms with E-state index in [0.29, 0.717) is 22.7 Å².